The van der Waals surface area contributed by atoms with Crippen LogP contribution < -0.4 is 10.2 Å². The van der Waals surface area contributed by atoms with Crippen molar-refractivity contribution in [3.63, 3.8) is 0 Å². The Labute approximate surface area is 209 Å². The molecule has 0 saturated carbocycles. The SMILES string of the molecule is N#Cc1cc(-c2coc3cc(OCc4noc(-c5cc(F)cc(C(F)(F)F)c5)n4)ccc3c2=O)ccc1F. The molecule has 0 unspecified atom stereocenters. The molecule has 0 amide bonds. The molecular weight excluding hydrogens is 513 g/mol. The van der Waals surface area contributed by atoms with Gasteiger partial charge in [-0.2, -0.15) is 23.4 Å². The van der Waals surface area contributed by atoms with Gasteiger partial charge < -0.3 is 13.7 Å². The topological polar surface area (TPSA) is 102 Å². The standard InChI is InChI=1S/C26H12F5N3O4/c27-17-7-14(6-16(8-17)26(29,30)31)25-33-23(34-38-25)12-36-18-2-3-19-22(9-18)37-11-20(24(19)35)13-1-4-21(28)15(5-13)10-32/h1-9,11H,12H2. The third-order valence-electron chi connectivity index (χ3n) is 5.45. The number of alkyl halides is 3. The highest BCUT2D eigenvalue weighted by Crippen LogP contribution is 2.33. The molecule has 0 saturated heterocycles. The number of rotatable bonds is 5. The van der Waals surface area contributed by atoms with Crippen molar-refractivity contribution < 1.29 is 35.6 Å². The highest BCUT2D eigenvalue weighted by molar-refractivity contribution is 5.82. The van der Waals surface area contributed by atoms with Crippen LogP contribution in [0.15, 0.2) is 74.6 Å². The second-order valence-electron chi connectivity index (χ2n) is 7.97. The van der Waals surface area contributed by atoms with Gasteiger partial charge in [-0.25, -0.2) is 8.78 Å². The van der Waals surface area contributed by atoms with Crippen molar-refractivity contribution in [2.24, 2.45) is 0 Å². The molecule has 2 heterocycles. The van der Waals surface area contributed by atoms with Gasteiger partial charge in [0, 0.05) is 11.6 Å². The largest absolute Gasteiger partial charge is 0.485 e. The summed E-state index contributed by atoms with van der Waals surface area (Å²) in [6.07, 6.45) is -3.57. The molecule has 0 N–H and O–H groups in total. The highest BCUT2D eigenvalue weighted by Gasteiger charge is 2.32. The molecule has 5 rings (SSSR count). The Balaban J connectivity index is 1.35. The summed E-state index contributed by atoms with van der Waals surface area (Å²) in [5, 5.41) is 12.9. The molecule has 0 fully saturated rings. The lowest BCUT2D eigenvalue weighted by molar-refractivity contribution is -0.137. The quantitative estimate of drug-likeness (QED) is 0.250. The second-order valence-corrected chi connectivity index (χ2v) is 7.97. The third kappa shape index (κ3) is 4.81. The molecule has 0 aliphatic rings. The number of fused-ring (bicyclic) bond motifs is 1. The Kier molecular flexibility index (Phi) is 6.12. The van der Waals surface area contributed by atoms with Crippen LogP contribution in [0.3, 0.4) is 0 Å². The summed E-state index contributed by atoms with van der Waals surface area (Å²) >= 11 is 0. The van der Waals surface area contributed by atoms with Crippen LogP contribution in [0.1, 0.15) is 17.0 Å². The zero-order chi connectivity index (χ0) is 27.0. The predicted octanol–water partition coefficient (Wildman–Crippen LogP) is 6.26. The summed E-state index contributed by atoms with van der Waals surface area (Å²) in [5.74, 6) is -1.93. The molecule has 190 valence electrons. The fraction of sp³-hybridized carbons (Fsp3) is 0.0769. The summed E-state index contributed by atoms with van der Waals surface area (Å²) in [4.78, 5) is 16.9. The van der Waals surface area contributed by atoms with Gasteiger partial charge in [-0.05, 0) is 48.0 Å². The number of ether oxygens (including phenoxy) is 1. The van der Waals surface area contributed by atoms with E-state index in [4.69, 9.17) is 18.9 Å². The summed E-state index contributed by atoms with van der Waals surface area (Å²) in [6.45, 7) is -0.259. The van der Waals surface area contributed by atoms with E-state index in [0.29, 0.717) is 17.7 Å². The number of benzene rings is 3. The lowest BCUT2D eigenvalue weighted by atomic mass is 10.0. The maximum Gasteiger partial charge on any atom is 0.416 e. The summed E-state index contributed by atoms with van der Waals surface area (Å²) < 4.78 is 82.3. The van der Waals surface area contributed by atoms with Crippen LogP contribution in [0.2, 0.25) is 0 Å². The fourth-order valence-electron chi connectivity index (χ4n) is 3.63. The van der Waals surface area contributed by atoms with E-state index in [0.717, 1.165) is 12.1 Å². The lowest BCUT2D eigenvalue weighted by Gasteiger charge is -2.07. The van der Waals surface area contributed by atoms with E-state index in [1.54, 1.807) is 6.07 Å². The molecule has 3 aromatic carbocycles. The predicted molar refractivity (Wildman–Crippen MR) is 122 cm³/mol. The van der Waals surface area contributed by atoms with E-state index >= 15 is 0 Å². The average molecular weight is 525 g/mol. The van der Waals surface area contributed by atoms with Crippen molar-refractivity contribution in [3.05, 3.63) is 99.7 Å². The number of hydrogen-bond acceptors (Lipinski definition) is 7. The van der Waals surface area contributed by atoms with E-state index in [-0.39, 0.29) is 51.7 Å². The number of halogens is 5. The van der Waals surface area contributed by atoms with Crippen molar-refractivity contribution in [1.29, 1.82) is 5.26 Å². The van der Waals surface area contributed by atoms with Crippen LogP contribution in [0.25, 0.3) is 33.6 Å². The minimum absolute atomic E-state index is 0.0284. The smallest absolute Gasteiger partial charge is 0.416 e. The van der Waals surface area contributed by atoms with E-state index in [1.165, 1.54) is 36.6 Å². The Hall–Kier alpha value is -5.05. The van der Waals surface area contributed by atoms with Crippen molar-refractivity contribution in [2.75, 3.05) is 0 Å². The van der Waals surface area contributed by atoms with Crippen LogP contribution in [-0.2, 0) is 12.8 Å². The zero-order valence-corrected chi connectivity index (χ0v) is 18.8. The van der Waals surface area contributed by atoms with Gasteiger partial charge in [0.2, 0.25) is 5.82 Å². The van der Waals surface area contributed by atoms with Gasteiger partial charge in [-0.3, -0.25) is 4.79 Å². The summed E-state index contributed by atoms with van der Waals surface area (Å²) in [7, 11) is 0. The second kappa shape index (κ2) is 9.44. The van der Waals surface area contributed by atoms with Gasteiger partial charge >= 0.3 is 6.18 Å². The zero-order valence-electron chi connectivity index (χ0n) is 18.8. The maximum atomic E-state index is 13.7. The Morgan fingerprint density at radius 1 is 1.00 bits per heavy atom. The van der Waals surface area contributed by atoms with Gasteiger partial charge in [0.1, 0.15) is 35.3 Å². The summed E-state index contributed by atoms with van der Waals surface area (Å²) in [6, 6.07) is 11.6. The normalized spacial score (nSPS) is 11.5. The lowest BCUT2D eigenvalue weighted by Crippen LogP contribution is -2.06. The molecule has 12 heteroatoms. The molecule has 2 aromatic heterocycles. The van der Waals surface area contributed by atoms with Gasteiger partial charge in [0.25, 0.3) is 5.89 Å². The van der Waals surface area contributed by atoms with E-state index < -0.39 is 28.8 Å². The minimum atomic E-state index is -4.76. The number of hydrogen-bond donors (Lipinski definition) is 0. The van der Waals surface area contributed by atoms with Crippen LogP contribution in [0.5, 0.6) is 5.75 Å². The van der Waals surface area contributed by atoms with Crippen molar-refractivity contribution in [2.45, 2.75) is 12.8 Å². The van der Waals surface area contributed by atoms with Crippen LogP contribution in [0.4, 0.5) is 22.0 Å². The number of aromatic nitrogens is 2. The van der Waals surface area contributed by atoms with Crippen LogP contribution >= 0.6 is 0 Å². The fourth-order valence-corrected chi connectivity index (χ4v) is 3.63. The van der Waals surface area contributed by atoms with E-state index in [1.807, 2.05) is 0 Å². The van der Waals surface area contributed by atoms with Gasteiger partial charge in [-0.1, -0.05) is 11.2 Å². The van der Waals surface area contributed by atoms with Crippen LogP contribution in [-0.4, -0.2) is 10.1 Å². The first-order valence-electron chi connectivity index (χ1n) is 10.7. The maximum absolute atomic E-state index is 13.7. The van der Waals surface area contributed by atoms with Gasteiger partial charge in [0.15, 0.2) is 12.0 Å². The molecule has 0 aliphatic carbocycles. The first-order chi connectivity index (χ1) is 18.1. The van der Waals surface area contributed by atoms with E-state index in [9.17, 15) is 26.7 Å². The minimum Gasteiger partial charge on any atom is -0.485 e. The van der Waals surface area contributed by atoms with Crippen molar-refractivity contribution in [3.8, 4) is 34.4 Å². The molecular formula is C26H12F5N3O4. The molecule has 0 atom stereocenters. The first-order valence-corrected chi connectivity index (χ1v) is 10.7. The highest BCUT2D eigenvalue weighted by atomic mass is 19.4. The van der Waals surface area contributed by atoms with Gasteiger partial charge in [-0.15, -0.1) is 0 Å². The van der Waals surface area contributed by atoms with E-state index in [2.05, 4.69) is 10.1 Å². The molecule has 0 bridgehead atoms. The molecule has 0 radical (unpaired) electrons. The van der Waals surface area contributed by atoms with Crippen molar-refractivity contribution >= 4 is 11.0 Å². The van der Waals surface area contributed by atoms with Gasteiger partial charge in [0.05, 0.1) is 22.1 Å². The molecule has 38 heavy (non-hydrogen) atoms. The third-order valence-corrected chi connectivity index (χ3v) is 5.45. The van der Waals surface area contributed by atoms with Crippen LogP contribution in [0, 0.1) is 23.0 Å². The molecule has 0 spiro atoms. The summed E-state index contributed by atoms with van der Waals surface area (Å²) in [5.41, 5.74) is -1.46. The first kappa shape index (κ1) is 24.6. The number of nitriles is 1. The Bertz CT molecular complexity index is 1790. The van der Waals surface area contributed by atoms with Crippen molar-refractivity contribution in [1.82, 2.24) is 10.1 Å². The Morgan fingerprint density at radius 3 is 2.58 bits per heavy atom. The average Bonchev–Trinajstić information content (AvgIpc) is 3.36. The molecule has 0 aliphatic heterocycles. The number of nitrogens with zero attached hydrogens (tertiary/aromatic N) is 3. The molecule has 5 aromatic rings. The monoisotopic (exact) mass is 525 g/mol. The Morgan fingerprint density at radius 2 is 1.82 bits per heavy atom. The molecule has 7 nitrogen and oxygen atoms in total.